The predicted octanol–water partition coefficient (Wildman–Crippen LogP) is 2.97. The van der Waals surface area contributed by atoms with Crippen LogP contribution in [0.1, 0.15) is 12.8 Å². The van der Waals surface area contributed by atoms with E-state index in [4.69, 9.17) is 14.0 Å². The Morgan fingerprint density at radius 2 is 1.81 bits per heavy atom. The maximum absolute atomic E-state index is 12.9. The minimum absolute atomic E-state index is 0.0686. The Labute approximate surface area is 155 Å². The number of amides is 1. The molecule has 0 saturated carbocycles. The largest absolute Gasteiger partial charge is 0.497 e. The molecule has 0 aliphatic heterocycles. The number of carbonyl (C=O) groups is 1. The smallest absolute Gasteiger partial charge is 0.261 e. The fourth-order valence-electron chi connectivity index (χ4n) is 2.26. The van der Waals surface area contributed by atoms with Crippen molar-refractivity contribution >= 4 is 5.91 Å². The number of nitrogens with zero attached hydrogens (tertiary/aromatic N) is 2. The molecule has 8 heteroatoms. The summed E-state index contributed by atoms with van der Waals surface area (Å²) >= 11 is 0. The van der Waals surface area contributed by atoms with E-state index >= 15 is 0 Å². The molecule has 0 unspecified atom stereocenters. The molecule has 0 bridgehead atoms. The number of rotatable bonds is 7. The molecular formula is C19H18FN3O4. The van der Waals surface area contributed by atoms with Crippen LogP contribution in [0.3, 0.4) is 0 Å². The van der Waals surface area contributed by atoms with Gasteiger partial charge in [0.2, 0.25) is 11.7 Å². The molecule has 3 aromatic rings. The number of hydrogen-bond acceptors (Lipinski definition) is 6. The molecule has 1 N–H and O–H groups in total. The molecule has 140 valence electrons. The van der Waals surface area contributed by atoms with Crippen molar-refractivity contribution in [1.29, 1.82) is 0 Å². The average molecular weight is 371 g/mol. The second-order valence-corrected chi connectivity index (χ2v) is 5.67. The quantitative estimate of drug-likeness (QED) is 0.687. The minimum Gasteiger partial charge on any atom is -0.497 e. The number of aromatic nitrogens is 2. The number of methoxy groups -OCH3 is 1. The van der Waals surface area contributed by atoms with Crippen molar-refractivity contribution in [2.75, 3.05) is 7.11 Å². The highest BCUT2D eigenvalue weighted by molar-refractivity contribution is 5.80. The lowest BCUT2D eigenvalue weighted by Crippen LogP contribution is -2.35. The third-order valence-corrected chi connectivity index (χ3v) is 3.73. The van der Waals surface area contributed by atoms with Crippen molar-refractivity contribution in [3.63, 3.8) is 0 Å². The van der Waals surface area contributed by atoms with Gasteiger partial charge in [0, 0.05) is 5.56 Å². The number of benzene rings is 2. The van der Waals surface area contributed by atoms with Gasteiger partial charge in [-0.1, -0.05) is 5.16 Å². The Balaban J connectivity index is 1.54. The van der Waals surface area contributed by atoms with E-state index < -0.39 is 6.10 Å². The zero-order valence-electron chi connectivity index (χ0n) is 14.8. The summed E-state index contributed by atoms with van der Waals surface area (Å²) in [6, 6.07) is 12.6. The van der Waals surface area contributed by atoms with Gasteiger partial charge in [0.15, 0.2) is 6.10 Å². The Kier molecular flexibility index (Phi) is 5.65. The molecule has 3 rings (SSSR count). The summed E-state index contributed by atoms with van der Waals surface area (Å²) in [5.41, 5.74) is 0.769. The van der Waals surface area contributed by atoms with Gasteiger partial charge in [-0.3, -0.25) is 4.79 Å². The first-order chi connectivity index (χ1) is 13.0. The van der Waals surface area contributed by atoms with Crippen molar-refractivity contribution < 1.29 is 23.2 Å². The van der Waals surface area contributed by atoms with Gasteiger partial charge >= 0.3 is 0 Å². The maximum Gasteiger partial charge on any atom is 0.261 e. The molecule has 0 fully saturated rings. The number of carbonyl (C=O) groups excluding carboxylic acids is 1. The first-order valence-corrected chi connectivity index (χ1v) is 8.22. The number of halogens is 1. The third kappa shape index (κ3) is 4.81. The second-order valence-electron chi connectivity index (χ2n) is 5.67. The maximum atomic E-state index is 12.9. The zero-order valence-corrected chi connectivity index (χ0v) is 14.8. The highest BCUT2D eigenvalue weighted by atomic mass is 19.1. The first-order valence-electron chi connectivity index (χ1n) is 8.22. The molecule has 1 amide bonds. The van der Waals surface area contributed by atoms with Crippen LogP contribution in [-0.4, -0.2) is 29.3 Å². The molecule has 27 heavy (non-hydrogen) atoms. The Hall–Kier alpha value is -3.42. The fraction of sp³-hybridized carbons (Fsp3) is 0.211. The lowest BCUT2D eigenvalue weighted by Gasteiger charge is -2.13. The lowest BCUT2D eigenvalue weighted by atomic mass is 10.2. The van der Waals surface area contributed by atoms with Gasteiger partial charge in [-0.05, 0) is 55.5 Å². The molecule has 0 aliphatic rings. The summed E-state index contributed by atoms with van der Waals surface area (Å²) < 4.78 is 28.6. The van der Waals surface area contributed by atoms with E-state index in [0.29, 0.717) is 11.6 Å². The summed E-state index contributed by atoms with van der Waals surface area (Å²) in [6.07, 6.45) is -0.764. The van der Waals surface area contributed by atoms with Crippen LogP contribution in [0.15, 0.2) is 53.1 Å². The van der Waals surface area contributed by atoms with Crippen LogP contribution in [0.2, 0.25) is 0 Å². The van der Waals surface area contributed by atoms with Gasteiger partial charge in [0.1, 0.15) is 17.3 Å². The van der Waals surface area contributed by atoms with Crippen LogP contribution < -0.4 is 14.8 Å². The highest BCUT2D eigenvalue weighted by Gasteiger charge is 2.16. The van der Waals surface area contributed by atoms with Gasteiger partial charge in [0.05, 0.1) is 13.7 Å². The first kappa shape index (κ1) is 18.4. The van der Waals surface area contributed by atoms with Gasteiger partial charge < -0.3 is 19.3 Å². The fourth-order valence-corrected chi connectivity index (χ4v) is 2.26. The van der Waals surface area contributed by atoms with Crippen LogP contribution in [-0.2, 0) is 11.3 Å². The SMILES string of the molecule is COc1ccc(-c2noc(CNC(=O)[C@H](C)Oc3ccc(F)cc3)n2)cc1. The van der Waals surface area contributed by atoms with Crippen LogP contribution in [0.5, 0.6) is 11.5 Å². The molecule has 0 saturated heterocycles. The lowest BCUT2D eigenvalue weighted by molar-refractivity contribution is -0.127. The second kappa shape index (κ2) is 8.31. The topological polar surface area (TPSA) is 86.5 Å². The molecule has 1 aromatic heterocycles. The zero-order chi connectivity index (χ0) is 19.2. The van der Waals surface area contributed by atoms with Crippen LogP contribution >= 0.6 is 0 Å². The van der Waals surface area contributed by atoms with E-state index in [-0.39, 0.29) is 24.2 Å². The predicted molar refractivity (Wildman–Crippen MR) is 94.6 cm³/mol. The summed E-state index contributed by atoms with van der Waals surface area (Å²) in [6.45, 7) is 1.66. The third-order valence-electron chi connectivity index (χ3n) is 3.73. The van der Waals surface area contributed by atoms with Crippen molar-refractivity contribution in [2.24, 2.45) is 0 Å². The number of hydrogen-bond donors (Lipinski definition) is 1. The van der Waals surface area contributed by atoms with Crippen LogP contribution in [0.25, 0.3) is 11.4 Å². The minimum atomic E-state index is -0.764. The Bertz CT molecular complexity index is 894. The van der Waals surface area contributed by atoms with E-state index in [0.717, 1.165) is 11.3 Å². The van der Waals surface area contributed by atoms with Crippen molar-refractivity contribution in [3.8, 4) is 22.9 Å². The van der Waals surface area contributed by atoms with Gasteiger partial charge in [-0.15, -0.1) is 0 Å². The van der Waals surface area contributed by atoms with E-state index in [1.165, 1.54) is 24.3 Å². The monoisotopic (exact) mass is 371 g/mol. The molecule has 1 atom stereocenters. The molecule has 0 spiro atoms. The van der Waals surface area contributed by atoms with E-state index in [9.17, 15) is 9.18 Å². The number of ether oxygens (including phenoxy) is 2. The standard InChI is InChI=1S/C19H18FN3O4/c1-12(26-16-9-5-14(20)6-10-16)19(24)21-11-17-22-18(23-27-17)13-3-7-15(25-2)8-4-13/h3-10,12H,11H2,1-2H3,(H,21,24)/t12-/m0/s1. The molecular weight excluding hydrogens is 353 g/mol. The summed E-state index contributed by atoms with van der Waals surface area (Å²) in [5, 5.41) is 6.55. The van der Waals surface area contributed by atoms with E-state index in [1.54, 1.807) is 26.2 Å². The highest BCUT2D eigenvalue weighted by Crippen LogP contribution is 2.19. The van der Waals surface area contributed by atoms with Crippen molar-refractivity contribution in [1.82, 2.24) is 15.5 Å². The van der Waals surface area contributed by atoms with Crippen molar-refractivity contribution in [2.45, 2.75) is 19.6 Å². The molecule has 7 nitrogen and oxygen atoms in total. The molecule has 2 aromatic carbocycles. The van der Waals surface area contributed by atoms with Gasteiger partial charge in [-0.25, -0.2) is 4.39 Å². The van der Waals surface area contributed by atoms with Crippen molar-refractivity contribution in [3.05, 3.63) is 60.2 Å². The van der Waals surface area contributed by atoms with Gasteiger partial charge in [-0.2, -0.15) is 4.98 Å². The summed E-state index contributed by atoms with van der Waals surface area (Å²) in [5.74, 6) is 1.08. The average Bonchev–Trinajstić information content (AvgIpc) is 3.17. The molecule has 0 radical (unpaired) electrons. The summed E-state index contributed by atoms with van der Waals surface area (Å²) in [7, 11) is 1.59. The van der Waals surface area contributed by atoms with E-state index in [1.807, 2.05) is 12.1 Å². The summed E-state index contributed by atoms with van der Waals surface area (Å²) in [4.78, 5) is 16.4. The Morgan fingerprint density at radius 3 is 2.48 bits per heavy atom. The van der Waals surface area contributed by atoms with E-state index in [2.05, 4.69) is 15.5 Å². The molecule has 1 heterocycles. The Morgan fingerprint density at radius 1 is 1.15 bits per heavy atom. The normalized spacial score (nSPS) is 11.7. The van der Waals surface area contributed by atoms with Crippen LogP contribution in [0, 0.1) is 5.82 Å². The van der Waals surface area contributed by atoms with Gasteiger partial charge in [0.25, 0.3) is 5.91 Å². The van der Waals surface area contributed by atoms with Crippen LogP contribution in [0.4, 0.5) is 4.39 Å². The molecule has 0 aliphatic carbocycles. The number of nitrogens with one attached hydrogen (secondary N) is 1.